The average Bonchev–Trinajstić information content (AvgIpc) is 2.57. The van der Waals surface area contributed by atoms with E-state index in [4.69, 9.17) is 5.73 Å². The molecule has 2 N–H and O–H groups in total. The number of nitrogen functional groups attached to an aromatic ring is 1. The number of pyridine rings is 1. The topological polar surface area (TPSA) is 59.5 Å². The summed E-state index contributed by atoms with van der Waals surface area (Å²) in [6.45, 7) is 0.963. The highest BCUT2D eigenvalue weighted by atomic mass is 15.2. The van der Waals surface area contributed by atoms with Crippen LogP contribution in [0.3, 0.4) is 0 Å². The average molecular weight is 205 g/mol. The Balaban J connectivity index is 2.29. The molecular weight excluding hydrogens is 190 g/mol. The van der Waals surface area contributed by atoms with Gasteiger partial charge >= 0.3 is 0 Å². The fourth-order valence-electron chi connectivity index (χ4n) is 1.45. The van der Waals surface area contributed by atoms with Gasteiger partial charge in [-0.15, -0.1) is 10.2 Å². The first kappa shape index (κ1) is 9.92. The lowest BCUT2D eigenvalue weighted by molar-refractivity contribution is 0.409. The van der Waals surface area contributed by atoms with Gasteiger partial charge in [-0.25, -0.2) is 0 Å². The number of nitrogens with zero attached hydrogens (tertiary/aromatic N) is 4. The van der Waals surface area contributed by atoms with Gasteiger partial charge in [0.2, 0.25) is 0 Å². The van der Waals surface area contributed by atoms with E-state index in [1.54, 1.807) is 0 Å². The lowest BCUT2D eigenvalue weighted by atomic mass is 10.3. The molecule has 5 nitrogen and oxygen atoms in total. The van der Waals surface area contributed by atoms with Crippen LogP contribution in [-0.2, 0) is 6.42 Å². The highest BCUT2D eigenvalue weighted by Crippen LogP contribution is 2.08. The monoisotopic (exact) mass is 205 g/mol. The molecule has 0 amide bonds. The summed E-state index contributed by atoms with van der Waals surface area (Å²) in [5, 5.41) is 8.21. The Morgan fingerprint density at radius 1 is 1.40 bits per heavy atom. The van der Waals surface area contributed by atoms with E-state index in [2.05, 4.69) is 15.1 Å². The summed E-state index contributed by atoms with van der Waals surface area (Å²) >= 11 is 0. The van der Waals surface area contributed by atoms with Gasteiger partial charge in [0.1, 0.15) is 5.82 Å². The Hall–Kier alpha value is -1.62. The molecule has 5 heteroatoms. The van der Waals surface area contributed by atoms with E-state index in [9.17, 15) is 0 Å². The van der Waals surface area contributed by atoms with Gasteiger partial charge in [-0.3, -0.25) is 4.40 Å². The number of aromatic nitrogens is 3. The molecule has 2 rings (SSSR count). The molecule has 0 saturated heterocycles. The molecule has 0 aliphatic heterocycles. The highest BCUT2D eigenvalue weighted by Gasteiger charge is 2.05. The second-order valence-electron chi connectivity index (χ2n) is 3.86. The van der Waals surface area contributed by atoms with Crippen LogP contribution < -0.4 is 5.73 Å². The summed E-state index contributed by atoms with van der Waals surface area (Å²) in [5.41, 5.74) is 7.19. The standard InChI is InChI=1S/C10H15N5/c1-14(2)5-4-9-12-13-10-7-8(11)3-6-15(9)10/h3,6-7H,4-5,11H2,1-2H3. The van der Waals surface area contributed by atoms with E-state index in [-0.39, 0.29) is 0 Å². The van der Waals surface area contributed by atoms with Gasteiger partial charge in [-0.05, 0) is 20.2 Å². The molecule has 0 aliphatic carbocycles. The summed E-state index contributed by atoms with van der Waals surface area (Å²) in [4.78, 5) is 2.12. The van der Waals surface area contributed by atoms with E-state index in [0.717, 1.165) is 24.4 Å². The van der Waals surface area contributed by atoms with E-state index in [1.807, 2.05) is 36.8 Å². The van der Waals surface area contributed by atoms with Gasteiger partial charge in [0.05, 0.1) is 0 Å². The Labute approximate surface area is 88.5 Å². The molecule has 0 radical (unpaired) electrons. The molecule has 0 unspecified atom stereocenters. The van der Waals surface area contributed by atoms with Crippen LogP contribution in [0.2, 0.25) is 0 Å². The van der Waals surface area contributed by atoms with Crippen molar-refractivity contribution in [2.24, 2.45) is 0 Å². The largest absolute Gasteiger partial charge is 0.399 e. The van der Waals surface area contributed by atoms with Crippen molar-refractivity contribution >= 4 is 11.3 Å². The summed E-state index contributed by atoms with van der Waals surface area (Å²) < 4.78 is 1.97. The van der Waals surface area contributed by atoms with Gasteiger partial charge in [-0.2, -0.15) is 0 Å². The smallest absolute Gasteiger partial charge is 0.162 e. The Morgan fingerprint density at radius 2 is 2.20 bits per heavy atom. The lowest BCUT2D eigenvalue weighted by Gasteiger charge is -2.07. The zero-order chi connectivity index (χ0) is 10.8. The van der Waals surface area contributed by atoms with Crippen molar-refractivity contribution in [3.05, 3.63) is 24.2 Å². The SMILES string of the molecule is CN(C)CCc1nnc2cc(N)ccn12. The summed E-state index contributed by atoms with van der Waals surface area (Å²) in [7, 11) is 4.09. The van der Waals surface area contributed by atoms with Crippen LogP contribution in [0, 0.1) is 0 Å². The molecule has 0 spiro atoms. The maximum atomic E-state index is 5.67. The van der Waals surface area contributed by atoms with Crippen LogP contribution in [0.15, 0.2) is 18.3 Å². The zero-order valence-corrected chi connectivity index (χ0v) is 9.01. The van der Waals surface area contributed by atoms with Crippen LogP contribution in [0.5, 0.6) is 0 Å². The normalized spacial score (nSPS) is 11.4. The number of rotatable bonds is 3. The van der Waals surface area contributed by atoms with Gasteiger partial charge in [-0.1, -0.05) is 0 Å². The van der Waals surface area contributed by atoms with Crippen molar-refractivity contribution < 1.29 is 0 Å². The number of hydrogen-bond acceptors (Lipinski definition) is 4. The van der Waals surface area contributed by atoms with Crippen molar-refractivity contribution in [2.45, 2.75) is 6.42 Å². The van der Waals surface area contributed by atoms with E-state index >= 15 is 0 Å². The van der Waals surface area contributed by atoms with Gasteiger partial charge in [0.25, 0.3) is 0 Å². The minimum Gasteiger partial charge on any atom is -0.399 e. The third-order valence-corrected chi connectivity index (χ3v) is 2.29. The Morgan fingerprint density at radius 3 is 2.93 bits per heavy atom. The number of hydrogen-bond donors (Lipinski definition) is 1. The predicted octanol–water partition coefficient (Wildman–Crippen LogP) is 0.416. The molecular formula is C10H15N5. The first-order valence-electron chi connectivity index (χ1n) is 4.90. The van der Waals surface area contributed by atoms with Crippen LogP contribution >= 0.6 is 0 Å². The molecule has 0 aromatic carbocycles. The molecule has 0 saturated carbocycles. The fourth-order valence-corrected chi connectivity index (χ4v) is 1.45. The molecule has 0 aliphatic rings. The minimum absolute atomic E-state index is 0.717. The molecule has 2 aromatic rings. The van der Waals surface area contributed by atoms with Gasteiger partial charge in [0.15, 0.2) is 5.65 Å². The van der Waals surface area contributed by atoms with Crippen molar-refractivity contribution in [2.75, 3.05) is 26.4 Å². The summed E-state index contributed by atoms with van der Waals surface area (Å²) in [6.07, 6.45) is 2.80. The molecule has 0 fully saturated rings. The lowest BCUT2D eigenvalue weighted by Crippen LogP contribution is -2.16. The Kier molecular flexibility index (Phi) is 2.55. The second kappa shape index (κ2) is 3.86. The minimum atomic E-state index is 0.717. The van der Waals surface area contributed by atoms with Crippen molar-refractivity contribution in [1.82, 2.24) is 19.5 Å². The number of fused-ring (bicyclic) bond motifs is 1. The zero-order valence-electron chi connectivity index (χ0n) is 9.01. The van der Waals surface area contributed by atoms with E-state index in [0.29, 0.717) is 5.69 Å². The fraction of sp³-hybridized carbons (Fsp3) is 0.400. The predicted molar refractivity (Wildman–Crippen MR) is 59.7 cm³/mol. The van der Waals surface area contributed by atoms with Crippen LogP contribution in [0.25, 0.3) is 5.65 Å². The summed E-state index contributed by atoms with van der Waals surface area (Å²) in [5.74, 6) is 0.971. The highest BCUT2D eigenvalue weighted by molar-refractivity contribution is 5.51. The molecule has 15 heavy (non-hydrogen) atoms. The van der Waals surface area contributed by atoms with Gasteiger partial charge < -0.3 is 10.6 Å². The molecule has 2 aromatic heterocycles. The second-order valence-corrected chi connectivity index (χ2v) is 3.86. The third kappa shape index (κ3) is 2.07. The maximum Gasteiger partial charge on any atom is 0.162 e. The van der Waals surface area contributed by atoms with Crippen LogP contribution in [-0.4, -0.2) is 40.1 Å². The summed E-state index contributed by atoms with van der Waals surface area (Å²) in [6, 6.07) is 3.68. The maximum absolute atomic E-state index is 5.67. The van der Waals surface area contributed by atoms with E-state index < -0.39 is 0 Å². The van der Waals surface area contributed by atoms with Crippen LogP contribution in [0.1, 0.15) is 5.82 Å². The molecule has 0 atom stereocenters. The van der Waals surface area contributed by atoms with Gasteiger partial charge in [0, 0.05) is 30.9 Å². The molecule has 0 bridgehead atoms. The Bertz CT molecular complexity index is 460. The van der Waals surface area contributed by atoms with Crippen molar-refractivity contribution in [3.8, 4) is 0 Å². The van der Waals surface area contributed by atoms with Crippen molar-refractivity contribution in [3.63, 3.8) is 0 Å². The number of nitrogens with two attached hydrogens (primary N) is 1. The van der Waals surface area contributed by atoms with Crippen LogP contribution in [0.4, 0.5) is 5.69 Å². The van der Waals surface area contributed by atoms with E-state index in [1.165, 1.54) is 0 Å². The molecule has 2 heterocycles. The number of anilines is 1. The van der Waals surface area contributed by atoms with Crippen molar-refractivity contribution in [1.29, 1.82) is 0 Å². The first-order valence-corrected chi connectivity index (χ1v) is 4.90. The molecule has 80 valence electrons. The first-order chi connectivity index (χ1) is 7.16. The quantitative estimate of drug-likeness (QED) is 0.788. The number of likely N-dealkylation sites (N-methyl/N-ethyl adjacent to an activating group) is 1. The third-order valence-electron chi connectivity index (χ3n) is 2.29.